The highest BCUT2D eigenvalue weighted by Crippen LogP contribution is 2.06. The molecule has 1 rings (SSSR count). The average molecular weight is 241 g/mol. The van der Waals surface area contributed by atoms with Crippen molar-refractivity contribution < 1.29 is 14.3 Å². The van der Waals surface area contributed by atoms with Crippen molar-refractivity contribution in [1.82, 2.24) is 5.32 Å². The molecule has 0 fully saturated rings. The molecule has 0 saturated carbocycles. The summed E-state index contributed by atoms with van der Waals surface area (Å²) in [6.07, 6.45) is 3.34. The van der Waals surface area contributed by atoms with Gasteiger partial charge in [0.1, 0.15) is 18.1 Å². The zero-order valence-corrected chi connectivity index (χ0v) is 10.6. The summed E-state index contributed by atoms with van der Waals surface area (Å²) in [5.74, 6) is 1.48. The molecule has 0 aliphatic rings. The second-order valence-corrected chi connectivity index (χ2v) is 4.02. The maximum absolute atomic E-state index is 8.83. The molecule has 4 nitrogen and oxygen atoms in total. The number of unbranched alkanes of at least 4 members (excludes halogenated alkanes) is 1. The standard InChI is InChI=1S/C13H23NO3/c1-2-3-8-16-9-4-7-14-10-12-5-6-13(11-15)17-12/h5-6,14-15H,2-4,7-11H2,1H3. The van der Waals surface area contributed by atoms with Crippen LogP contribution >= 0.6 is 0 Å². The highest BCUT2D eigenvalue weighted by atomic mass is 16.5. The van der Waals surface area contributed by atoms with E-state index in [0.717, 1.165) is 38.4 Å². The van der Waals surface area contributed by atoms with Gasteiger partial charge in [-0.05, 0) is 31.5 Å². The molecule has 0 aromatic carbocycles. The van der Waals surface area contributed by atoms with E-state index in [9.17, 15) is 0 Å². The Hall–Kier alpha value is -0.840. The number of ether oxygens (including phenoxy) is 1. The van der Waals surface area contributed by atoms with Crippen molar-refractivity contribution in [2.24, 2.45) is 0 Å². The van der Waals surface area contributed by atoms with Crippen molar-refractivity contribution in [3.05, 3.63) is 23.7 Å². The molecule has 2 N–H and O–H groups in total. The maximum atomic E-state index is 8.83. The first-order valence-corrected chi connectivity index (χ1v) is 6.33. The van der Waals surface area contributed by atoms with Crippen LogP contribution in [-0.2, 0) is 17.9 Å². The van der Waals surface area contributed by atoms with Crippen LogP contribution in [0.2, 0.25) is 0 Å². The third-order valence-corrected chi connectivity index (χ3v) is 2.46. The van der Waals surface area contributed by atoms with E-state index in [4.69, 9.17) is 14.3 Å². The van der Waals surface area contributed by atoms with Crippen LogP contribution in [0.1, 0.15) is 37.7 Å². The number of nitrogens with one attached hydrogen (secondary N) is 1. The molecule has 0 radical (unpaired) electrons. The Labute approximate surface area is 103 Å². The number of rotatable bonds is 10. The Bertz CT molecular complexity index is 286. The molecule has 0 unspecified atom stereocenters. The number of hydrogen-bond acceptors (Lipinski definition) is 4. The van der Waals surface area contributed by atoms with Gasteiger partial charge in [0.25, 0.3) is 0 Å². The van der Waals surface area contributed by atoms with Gasteiger partial charge in [0.2, 0.25) is 0 Å². The Kier molecular flexibility index (Phi) is 7.71. The molecule has 0 atom stereocenters. The van der Waals surface area contributed by atoms with Gasteiger partial charge >= 0.3 is 0 Å². The van der Waals surface area contributed by atoms with E-state index >= 15 is 0 Å². The normalized spacial score (nSPS) is 10.9. The van der Waals surface area contributed by atoms with Crippen LogP contribution in [0.4, 0.5) is 0 Å². The number of aliphatic hydroxyl groups excluding tert-OH is 1. The van der Waals surface area contributed by atoms with Gasteiger partial charge in [-0.25, -0.2) is 0 Å². The van der Waals surface area contributed by atoms with Gasteiger partial charge in [-0.3, -0.25) is 0 Å². The van der Waals surface area contributed by atoms with Crippen molar-refractivity contribution in [2.45, 2.75) is 39.3 Å². The highest BCUT2D eigenvalue weighted by molar-refractivity contribution is 5.05. The van der Waals surface area contributed by atoms with Crippen molar-refractivity contribution >= 4 is 0 Å². The number of hydrogen-bond donors (Lipinski definition) is 2. The van der Waals surface area contributed by atoms with Crippen LogP contribution in [0.5, 0.6) is 0 Å². The van der Waals surface area contributed by atoms with Gasteiger partial charge in [0.05, 0.1) is 6.54 Å². The summed E-state index contributed by atoms with van der Waals surface area (Å²) >= 11 is 0. The lowest BCUT2D eigenvalue weighted by atomic mass is 10.3. The van der Waals surface area contributed by atoms with Crippen LogP contribution < -0.4 is 5.32 Å². The van der Waals surface area contributed by atoms with E-state index in [2.05, 4.69) is 12.2 Å². The predicted octanol–water partition coefficient (Wildman–Crippen LogP) is 2.07. The molecule has 0 aliphatic heterocycles. The van der Waals surface area contributed by atoms with Gasteiger partial charge < -0.3 is 19.6 Å². The molecule has 0 saturated heterocycles. The van der Waals surface area contributed by atoms with Gasteiger partial charge in [-0.1, -0.05) is 13.3 Å². The fourth-order valence-electron chi connectivity index (χ4n) is 1.46. The van der Waals surface area contributed by atoms with Gasteiger partial charge in [0.15, 0.2) is 0 Å². The van der Waals surface area contributed by atoms with E-state index in [1.165, 1.54) is 6.42 Å². The van der Waals surface area contributed by atoms with E-state index in [-0.39, 0.29) is 6.61 Å². The van der Waals surface area contributed by atoms with Crippen molar-refractivity contribution in [3.8, 4) is 0 Å². The minimum atomic E-state index is -0.0364. The first kappa shape index (κ1) is 14.2. The lowest BCUT2D eigenvalue weighted by Gasteiger charge is -2.04. The summed E-state index contributed by atoms with van der Waals surface area (Å²) < 4.78 is 10.8. The zero-order valence-electron chi connectivity index (χ0n) is 10.6. The van der Waals surface area contributed by atoms with E-state index in [1.54, 1.807) is 6.07 Å². The summed E-state index contributed by atoms with van der Waals surface area (Å²) in [5, 5.41) is 12.1. The predicted molar refractivity (Wildman–Crippen MR) is 66.7 cm³/mol. The third-order valence-electron chi connectivity index (χ3n) is 2.46. The van der Waals surface area contributed by atoms with Crippen LogP contribution in [0.15, 0.2) is 16.5 Å². The first-order valence-electron chi connectivity index (χ1n) is 6.33. The molecule has 0 aliphatic carbocycles. The summed E-state index contributed by atoms with van der Waals surface area (Å²) in [5.41, 5.74) is 0. The Balaban J connectivity index is 1.93. The smallest absolute Gasteiger partial charge is 0.129 e. The van der Waals surface area contributed by atoms with Crippen molar-refractivity contribution in [2.75, 3.05) is 19.8 Å². The topological polar surface area (TPSA) is 54.6 Å². The fraction of sp³-hybridized carbons (Fsp3) is 0.692. The molecular formula is C13H23NO3. The Morgan fingerprint density at radius 1 is 1.24 bits per heavy atom. The lowest BCUT2D eigenvalue weighted by Crippen LogP contribution is -2.16. The van der Waals surface area contributed by atoms with Gasteiger partial charge in [0, 0.05) is 13.2 Å². The first-order chi connectivity index (χ1) is 8.36. The van der Waals surface area contributed by atoms with E-state index < -0.39 is 0 Å². The molecule has 1 heterocycles. The summed E-state index contributed by atoms with van der Waals surface area (Å²) in [6.45, 7) is 5.43. The van der Waals surface area contributed by atoms with Crippen LogP contribution in [0.25, 0.3) is 0 Å². The zero-order chi connectivity index (χ0) is 12.3. The molecule has 1 aromatic rings. The summed E-state index contributed by atoms with van der Waals surface area (Å²) in [6, 6.07) is 3.68. The van der Waals surface area contributed by atoms with Gasteiger partial charge in [-0.15, -0.1) is 0 Å². The van der Waals surface area contributed by atoms with Crippen molar-refractivity contribution in [1.29, 1.82) is 0 Å². The van der Waals surface area contributed by atoms with Gasteiger partial charge in [-0.2, -0.15) is 0 Å². The van der Waals surface area contributed by atoms with E-state index in [1.807, 2.05) is 6.07 Å². The third kappa shape index (κ3) is 6.46. The second kappa shape index (κ2) is 9.22. The molecular weight excluding hydrogens is 218 g/mol. The average Bonchev–Trinajstić information content (AvgIpc) is 2.80. The number of aliphatic hydroxyl groups is 1. The molecule has 0 bridgehead atoms. The molecule has 0 amide bonds. The SMILES string of the molecule is CCCCOCCCNCc1ccc(CO)o1. The molecule has 98 valence electrons. The molecule has 4 heteroatoms. The minimum absolute atomic E-state index is 0.0364. The second-order valence-electron chi connectivity index (χ2n) is 4.02. The Morgan fingerprint density at radius 3 is 2.71 bits per heavy atom. The molecule has 17 heavy (non-hydrogen) atoms. The minimum Gasteiger partial charge on any atom is -0.462 e. The monoisotopic (exact) mass is 241 g/mol. The Morgan fingerprint density at radius 2 is 2.00 bits per heavy atom. The van der Waals surface area contributed by atoms with Crippen molar-refractivity contribution in [3.63, 3.8) is 0 Å². The lowest BCUT2D eigenvalue weighted by molar-refractivity contribution is 0.128. The van der Waals surface area contributed by atoms with Crippen LogP contribution in [-0.4, -0.2) is 24.9 Å². The van der Waals surface area contributed by atoms with Crippen LogP contribution in [0, 0.1) is 0 Å². The fourth-order valence-corrected chi connectivity index (χ4v) is 1.46. The summed E-state index contributed by atoms with van der Waals surface area (Å²) in [4.78, 5) is 0. The quantitative estimate of drug-likeness (QED) is 0.616. The molecule has 1 aromatic heterocycles. The molecule has 0 spiro atoms. The maximum Gasteiger partial charge on any atom is 0.129 e. The highest BCUT2D eigenvalue weighted by Gasteiger charge is 1.99. The van der Waals surface area contributed by atoms with E-state index in [0.29, 0.717) is 12.3 Å². The largest absolute Gasteiger partial charge is 0.462 e. The number of furan rings is 1. The summed E-state index contributed by atoms with van der Waals surface area (Å²) in [7, 11) is 0. The van der Waals surface area contributed by atoms with Crippen LogP contribution in [0.3, 0.4) is 0 Å².